The fraction of sp³-hybridized carbons (Fsp3) is 0.294. The number of hydrogen-bond acceptors (Lipinski definition) is 8. The first-order valence-corrected chi connectivity index (χ1v) is 16.1. The number of aromatic nitrogens is 1. The Bertz CT molecular complexity index is 2060. The molecule has 0 unspecified atom stereocenters. The van der Waals surface area contributed by atoms with Gasteiger partial charge in [0.1, 0.15) is 5.75 Å². The number of nitrogens with one attached hydrogen (secondary N) is 1. The van der Waals surface area contributed by atoms with Gasteiger partial charge in [-0.25, -0.2) is 9.78 Å². The van der Waals surface area contributed by atoms with Crippen LogP contribution in [0.25, 0.3) is 0 Å². The number of carbonyl (C=O) groups is 5. The number of phenols is 1. The summed E-state index contributed by atoms with van der Waals surface area (Å²) in [5.74, 6) is -8.64. The highest BCUT2D eigenvalue weighted by Gasteiger charge is 2.70. The first-order valence-electron chi connectivity index (χ1n) is 15.4. The summed E-state index contributed by atoms with van der Waals surface area (Å²) >= 11 is 12.4. The molecule has 2 saturated heterocycles. The minimum absolute atomic E-state index is 0.0367. The van der Waals surface area contributed by atoms with Crippen molar-refractivity contribution in [2.75, 3.05) is 5.43 Å². The van der Waals surface area contributed by atoms with E-state index in [4.69, 9.17) is 28.9 Å². The molecule has 3 aromatic rings. The van der Waals surface area contributed by atoms with E-state index in [1.165, 1.54) is 6.07 Å². The van der Waals surface area contributed by atoms with Crippen LogP contribution in [0.5, 0.6) is 5.75 Å². The normalized spacial score (nSPS) is 27.6. The average molecular weight is 729 g/mol. The monoisotopic (exact) mass is 727 g/mol. The molecule has 3 heterocycles. The summed E-state index contributed by atoms with van der Waals surface area (Å²) in [5, 5.41) is 10.9. The summed E-state index contributed by atoms with van der Waals surface area (Å²) < 4.78 is 40.1. The minimum atomic E-state index is -4.76. The van der Waals surface area contributed by atoms with E-state index in [9.17, 15) is 37.5 Å². The van der Waals surface area contributed by atoms with Crippen molar-refractivity contribution < 1.29 is 42.3 Å². The zero-order valence-corrected chi connectivity index (χ0v) is 27.4. The number of urea groups is 1. The van der Waals surface area contributed by atoms with Gasteiger partial charge in [-0.2, -0.15) is 23.1 Å². The summed E-state index contributed by atoms with van der Waals surface area (Å²) in [7, 11) is 0. The second kappa shape index (κ2) is 11.6. The Morgan fingerprint density at radius 3 is 2.34 bits per heavy atom. The number of benzene rings is 2. The number of anilines is 1. The lowest BCUT2D eigenvalue weighted by Gasteiger charge is -2.50. The van der Waals surface area contributed by atoms with E-state index >= 15 is 4.79 Å². The van der Waals surface area contributed by atoms with Crippen LogP contribution in [-0.2, 0) is 30.8 Å². The average Bonchev–Trinajstić information content (AvgIpc) is 3.44. The highest BCUT2D eigenvalue weighted by atomic mass is 35.5. The number of imide groups is 4. The maximum atomic E-state index is 15.1. The molecule has 11 nitrogen and oxygen atoms in total. The van der Waals surface area contributed by atoms with E-state index in [0.29, 0.717) is 49.5 Å². The molecule has 0 spiro atoms. The highest BCUT2D eigenvalue weighted by molar-refractivity contribution is 6.33. The molecule has 0 bridgehead atoms. The Kier molecular flexibility index (Phi) is 7.75. The van der Waals surface area contributed by atoms with Crippen LogP contribution in [-0.4, -0.2) is 49.7 Å². The number of alkyl halides is 3. The van der Waals surface area contributed by atoms with Crippen molar-refractivity contribution in [1.82, 2.24) is 14.9 Å². The second-order valence-corrected chi connectivity index (χ2v) is 13.7. The lowest BCUT2D eigenvalue weighted by molar-refractivity contribution is -0.140. The zero-order chi connectivity index (χ0) is 36.0. The van der Waals surface area contributed by atoms with Crippen LogP contribution in [0.4, 0.5) is 23.8 Å². The summed E-state index contributed by atoms with van der Waals surface area (Å²) in [6, 6.07) is 10.4. The van der Waals surface area contributed by atoms with Crippen molar-refractivity contribution in [3.05, 3.63) is 98.7 Å². The lowest BCUT2D eigenvalue weighted by atomic mass is 9.49. The molecule has 2 aliphatic carbocycles. The fourth-order valence-corrected chi connectivity index (χ4v) is 8.57. The molecular formula is C34H26Cl2F3N5O6. The third-order valence-corrected chi connectivity index (χ3v) is 10.9. The number of aromatic hydroxyl groups is 1. The van der Waals surface area contributed by atoms with E-state index in [1.807, 2.05) is 0 Å². The molecule has 1 aromatic heterocycles. The third-order valence-electron chi connectivity index (χ3n) is 10.3. The molecule has 2 aromatic carbocycles. The van der Waals surface area contributed by atoms with E-state index < -0.39 is 87.2 Å². The van der Waals surface area contributed by atoms with Gasteiger partial charge in [-0.3, -0.25) is 24.6 Å². The molecule has 6 atom stereocenters. The number of primary amides is 1. The van der Waals surface area contributed by atoms with Crippen molar-refractivity contribution in [2.45, 2.75) is 37.3 Å². The number of pyridine rings is 1. The Labute approximate surface area is 291 Å². The number of amides is 6. The number of allylic oxidation sites excluding steroid dienone is 2. The van der Waals surface area contributed by atoms with Gasteiger partial charge in [0, 0.05) is 17.1 Å². The summed E-state index contributed by atoms with van der Waals surface area (Å²) in [4.78, 5) is 73.0. The second-order valence-electron chi connectivity index (χ2n) is 12.8. The van der Waals surface area contributed by atoms with Crippen LogP contribution in [0, 0.1) is 30.6 Å². The van der Waals surface area contributed by atoms with Crippen LogP contribution >= 0.6 is 23.2 Å². The third kappa shape index (κ3) is 4.79. The predicted molar refractivity (Wildman–Crippen MR) is 171 cm³/mol. The SMILES string of the molecule is Cc1cc([C@H]2C3=CC[C@@H]4C(=O)N(C(N)=O)C(=O)[C@@H]4[C@@H]3C[C@H]3C(=O)N(Nc4ncc(C(F)(F)F)cc4Cl)C(=O)[C@@]23c2ccc(Cl)cc2)ccc1O. The zero-order valence-electron chi connectivity index (χ0n) is 25.9. The molecule has 0 radical (unpaired) electrons. The minimum Gasteiger partial charge on any atom is -0.508 e. The Balaban J connectivity index is 1.44. The molecule has 4 N–H and O–H groups in total. The van der Waals surface area contributed by atoms with Crippen LogP contribution in [0.1, 0.15) is 41.0 Å². The maximum Gasteiger partial charge on any atom is 0.417 e. The van der Waals surface area contributed by atoms with E-state index in [1.54, 1.807) is 49.4 Å². The lowest BCUT2D eigenvalue weighted by Crippen LogP contribution is -2.53. The maximum absolute atomic E-state index is 15.1. The number of halogens is 5. The fourth-order valence-electron chi connectivity index (χ4n) is 8.23. The number of fused-ring (bicyclic) bond motifs is 4. The molecule has 6 amide bonds. The topological polar surface area (TPSA) is 163 Å². The van der Waals surface area contributed by atoms with Gasteiger partial charge in [-0.15, -0.1) is 0 Å². The van der Waals surface area contributed by atoms with Crippen LogP contribution < -0.4 is 11.2 Å². The van der Waals surface area contributed by atoms with Gasteiger partial charge in [-0.05, 0) is 66.6 Å². The molecular weight excluding hydrogens is 702 g/mol. The number of nitrogens with zero attached hydrogens (tertiary/aromatic N) is 3. The van der Waals surface area contributed by atoms with Crippen LogP contribution in [0.2, 0.25) is 10.0 Å². The van der Waals surface area contributed by atoms with Crippen molar-refractivity contribution >= 4 is 58.7 Å². The van der Waals surface area contributed by atoms with Crippen molar-refractivity contribution in [2.24, 2.45) is 29.4 Å². The molecule has 16 heteroatoms. The van der Waals surface area contributed by atoms with Crippen molar-refractivity contribution in [3.63, 3.8) is 0 Å². The summed E-state index contributed by atoms with van der Waals surface area (Å²) in [5.41, 5.74) is 6.95. The van der Waals surface area contributed by atoms with Crippen LogP contribution in [0.15, 0.2) is 66.4 Å². The number of likely N-dealkylation sites (tertiary alicyclic amines) is 1. The molecule has 4 aliphatic rings. The smallest absolute Gasteiger partial charge is 0.417 e. The molecule has 258 valence electrons. The number of carbonyl (C=O) groups excluding carboxylic acids is 5. The van der Waals surface area contributed by atoms with Gasteiger partial charge in [0.25, 0.3) is 11.8 Å². The van der Waals surface area contributed by atoms with E-state index in [2.05, 4.69) is 10.4 Å². The van der Waals surface area contributed by atoms with Gasteiger partial charge in [0.05, 0.1) is 33.8 Å². The van der Waals surface area contributed by atoms with Crippen molar-refractivity contribution in [3.8, 4) is 5.75 Å². The van der Waals surface area contributed by atoms with Gasteiger partial charge in [-0.1, -0.05) is 59.1 Å². The molecule has 50 heavy (non-hydrogen) atoms. The Morgan fingerprint density at radius 1 is 1.02 bits per heavy atom. The molecule has 2 aliphatic heterocycles. The first kappa shape index (κ1) is 33.5. The molecule has 1 saturated carbocycles. The van der Waals surface area contributed by atoms with Gasteiger partial charge in [0.15, 0.2) is 5.82 Å². The summed E-state index contributed by atoms with van der Waals surface area (Å²) in [6.45, 7) is 1.65. The van der Waals surface area contributed by atoms with Crippen LogP contribution in [0.3, 0.4) is 0 Å². The van der Waals surface area contributed by atoms with Gasteiger partial charge in [0.2, 0.25) is 11.8 Å². The number of phenolic OH excluding ortho intramolecular Hbond substituents is 1. The standard InChI is InChI=1S/C34H26Cl2F3N5O6/c1-14-10-15(2-9-24(14)45)26-19-7-8-20-25(30(48)43(28(20)46)32(40)50)21(19)12-22-29(47)44(31(49)33(22,26)16-3-5-18(35)6-4-16)42-27-23(36)11-17(13-41-27)34(37,38)39/h2-7,9-11,13,20-22,25-26,45H,8,12H2,1H3,(H2,40,50)(H,41,42)/t20-,21+,22-,25-,26-,33+/m0/s1. The quantitative estimate of drug-likeness (QED) is 0.235. The Hall–Kier alpha value is -4.95. The predicted octanol–water partition coefficient (Wildman–Crippen LogP) is 5.48. The van der Waals surface area contributed by atoms with E-state index in [-0.39, 0.29) is 18.6 Å². The first-order chi connectivity index (χ1) is 23.6. The van der Waals surface area contributed by atoms with E-state index in [0.717, 1.165) is 0 Å². The number of hydrogen-bond donors (Lipinski definition) is 3. The number of nitrogens with two attached hydrogens (primary N) is 1. The van der Waals surface area contributed by atoms with Crippen molar-refractivity contribution in [1.29, 1.82) is 0 Å². The molecule has 3 fully saturated rings. The number of rotatable bonds is 4. The van der Waals surface area contributed by atoms with Gasteiger partial charge >= 0.3 is 12.2 Å². The number of hydrazine groups is 1. The van der Waals surface area contributed by atoms with Gasteiger partial charge < -0.3 is 10.8 Å². The highest BCUT2D eigenvalue weighted by Crippen LogP contribution is 2.64. The summed E-state index contributed by atoms with van der Waals surface area (Å²) in [6.07, 6.45) is -2.59. The largest absolute Gasteiger partial charge is 0.508 e. The molecule has 7 rings (SSSR count). The Morgan fingerprint density at radius 2 is 1.72 bits per heavy atom. The number of aryl methyl sites for hydroxylation is 1.